The SMILES string of the molecule is Cc1cc2c(c(=O)o1)[C@H](c1cccc(OCc3c(F)cccc3Cl)c1)C(C#N)=C(N)O2. The van der Waals surface area contributed by atoms with Crippen molar-refractivity contribution in [1.29, 1.82) is 5.26 Å². The number of aryl methyl sites for hydroxylation is 1. The summed E-state index contributed by atoms with van der Waals surface area (Å²) in [6.45, 7) is 1.52. The number of nitrogens with zero attached hydrogens (tertiary/aromatic N) is 1. The maximum absolute atomic E-state index is 14.0. The maximum Gasteiger partial charge on any atom is 0.343 e. The Labute approximate surface area is 181 Å². The van der Waals surface area contributed by atoms with Gasteiger partial charge in [0.1, 0.15) is 41.3 Å². The summed E-state index contributed by atoms with van der Waals surface area (Å²) < 4.78 is 30.5. The topological polar surface area (TPSA) is 98.5 Å². The monoisotopic (exact) mass is 438 g/mol. The van der Waals surface area contributed by atoms with Gasteiger partial charge < -0.3 is 19.6 Å². The van der Waals surface area contributed by atoms with E-state index in [0.29, 0.717) is 17.1 Å². The van der Waals surface area contributed by atoms with E-state index in [9.17, 15) is 14.4 Å². The van der Waals surface area contributed by atoms with E-state index in [2.05, 4.69) is 0 Å². The molecule has 0 fully saturated rings. The summed E-state index contributed by atoms with van der Waals surface area (Å²) in [6.07, 6.45) is 0. The van der Waals surface area contributed by atoms with Gasteiger partial charge in [-0.05, 0) is 36.8 Å². The number of benzene rings is 2. The lowest BCUT2D eigenvalue weighted by Gasteiger charge is -2.25. The molecule has 8 heteroatoms. The van der Waals surface area contributed by atoms with Crippen LogP contribution in [0, 0.1) is 24.1 Å². The number of nitrogens with two attached hydrogens (primary N) is 1. The Morgan fingerprint density at radius 2 is 2.03 bits per heavy atom. The maximum atomic E-state index is 14.0. The van der Waals surface area contributed by atoms with E-state index in [4.69, 9.17) is 31.2 Å². The normalized spacial score (nSPS) is 15.1. The first-order valence-electron chi connectivity index (χ1n) is 9.27. The standard InChI is InChI=1S/C23H16ClFN2O4/c1-12-8-19-21(23(28)30-12)20(15(10-26)22(27)31-19)13-4-2-5-14(9-13)29-11-16-17(24)6-3-7-18(16)25/h2-9,20H,11,27H2,1H3/t20-/m1/s1. The van der Waals surface area contributed by atoms with Crippen LogP contribution in [0.1, 0.15) is 28.4 Å². The first-order valence-corrected chi connectivity index (χ1v) is 9.64. The second-order valence-corrected chi connectivity index (χ2v) is 7.32. The van der Waals surface area contributed by atoms with Crippen molar-refractivity contribution in [3.63, 3.8) is 0 Å². The molecule has 0 saturated heterocycles. The zero-order valence-corrected chi connectivity index (χ0v) is 17.1. The molecule has 1 aliphatic rings. The van der Waals surface area contributed by atoms with Crippen LogP contribution in [0.2, 0.25) is 5.02 Å². The number of halogens is 2. The molecule has 0 aliphatic carbocycles. The first kappa shape index (κ1) is 20.5. The third-order valence-electron chi connectivity index (χ3n) is 4.89. The molecule has 3 aromatic rings. The first-order chi connectivity index (χ1) is 14.9. The van der Waals surface area contributed by atoms with Crippen LogP contribution in [0.15, 0.2) is 69.2 Å². The highest BCUT2D eigenvalue weighted by molar-refractivity contribution is 6.31. The number of hydrogen-bond donors (Lipinski definition) is 1. The van der Waals surface area contributed by atoms with E-state index in [1.807, 2.05) is 6.07 Å². The quantitative estimate of drug-likeness (QED) is 0.642. The summed E-state index contributed by atoms with van der Waals surface area (Å²) >= 11 is 6.05. The van der Waals surface area contributed by atoms with Gasteiger partial charge in [-0.2, -0.15) is 5.26 Å². The van der Waals surface area contributed by atoms with Gasteiger partial charge in [0.2, 0.25) is 5.88 Å². The molecule has 2 N–H and O–H groups in total. The fourth-order valence-electron chi connectivity index (χ4n) is 3.46. The van der Waals surface area contributed by atoms with E-state index in [1.165, 1.54) is 12.1 Å². The Kier molecular flexibility index (Phi) is 5.40. The lowest BCUT2D eigenvalue weighted by atomic mass is 9.84. The van der Waals surface area contributed by atoms with Crippen molar-refractivity contribution in [2.75, 3.05) is 0 Å². The molecule has 31 heavy (non-hydrogen) atoms. The summed E-state index contributed by atoms with van der Waals surface area (Å²) in [4.78, 5) is 12.6. The van der Waals surface area contributed by atoms with Gasteiger partial charge in [0.15, 0.2) is 0 Å². The fraction of sp³-hybridized carbons (Fsp3) is 0.130. The molecule has 2 heterocycles. The van der Waals surface area contributed by atoms with Crippen molar-refractivity contribution in [2.45, 2.75) is 19.4 Å². The zero-order chi connectivity index (χ0) is 22.1. The Hall–Kier alpha value is -3.76. The molecule has 0 unspecified atom stereocenters. The minimum Gasteiger partial charge on any atom is -0.489 e. The molecule has 6 nitrogen and oxygen atoms in total. The van der Waals surface area contributed by atoms with Crippen molar-refractivity contribution < 1.29 is 18.3 Å². The second-order valence-electron chi connectivity index (χ2n) is 6.91. The molecule has 1 aliphatic heterocycles. The van der Waals surface area contributed by atoms with Crippen LogP contribution < -0.4 is 20.8 Å². The number of ether oxygens (including phenoxy) is 2. The van der Waals surface area contributed by atoms with Crippen LogP contribution in [-0.4, -0.2) is 0 Å². The van der Waals surface area contributed by atoms with Gasteiger partial charge in [-0.1, -0.05) is 29.8 Å². The lowest BCUT2D eigenvalue weighted by molar-refractivity contribution is 0.299. The lowest BCUT2D eigenvalue weighted by Crippen LogP contribution is -2.26. The third-order valence-corrected chi connectivity index (χ3v) is 5.25. The molecule has 1 aromatic heterocycles. The summed E-state index contributed by atoms with van der Waals surface area (Å²) in [5.74, 6) is -0.371. The molecular formula is C23H16ClFN2O4. The molecule has 0 amide bonds. The third kappa shape index (κ3) is 3.86. The van der Waals surface area contributed by atoms with Gasteiger partial charge in [-0.25, -0.2) is 9.18 Å². The summed E-state index contributed by atoms with van der Waals surface area (Å²) in [7, 11) is 0. The number of allylic oxidation sites excluding steroid dienone is 1. The van der Waals surface area contributed by atoms with Crippen LogP contribution in [0.25, 0.3) is 0 Å². The number of hydrogen-bond acceptors (Lipinski definition) is 6. The van der Waals surface area contributed by atoms with Crippen molar-refractivity contribution in [2.24, 2.45) is 5.73 Å². The van der Waals surface area contributed by atoms with Gasteiger partial charge in [-0.15, -0.1) is 0 Å². The molecule has 2 aromatic carbocycles. The van der Waals surface area contributed by atoms with Gasteiger partial charge in [0, 0.05) is 11.6 Å². The zero-order valence-electron chi connectivity index (χ0n) is 16.3. The van der Waals surface area contributed by atoms with Crippen molar-refractivity contribution in [3.05, 3.63) is 104 Å². The van der Waals surface area contributed by atoms with Crippen molar-refractivity contribution in [1.82, 2.24) is 0 Å². The Bertz CT molecular complexity index is 1290. The highest BCUT2D eigenvalue weighted by Crippen LogP contribution is 2.41. The molecule has 4 rings (SSSR count). The molecule has 0 radical (unpaired) electrons. The highest BCUT2D eigenvalue weighted by atomic mass is 35.5. The predicted molar refractivity (Wildman–Crippen MR) is 111 cm³/mol. The van der Waals surface area contributed by atoms with Gasteiger partial charge in [0.25, 0.3) is 0 Å². The van der Waals surface area contributed by atoms with Gasteiger partial charge in [-0.3, -0.25) is 0 Å². The fourth-order valence-corrected chi connectivity index (χ4v) is 3.68. The molecule has 156 valence electrons. The smallest absolute Gasteiger partial charge is 0.343 e. The molecule has 1 atom stereocenters. The second kappa shape index (κ2) is 8.17. The van der Waals surface area contributed by atoms with E-state index in [0.717, 1.165) is 0 Å². The predicted octanol–water partition coefficient (Wildman–Crippen LogP) is 4.54. The number of rotatable bonds is 4. The number of nitriles is 1. The van der Waals surface area contributed by atoms with Crippen molar-refractivity contribution >= 4 is 11.6 Å². The Morgan fingerprint density at radius 1 is 1.26 bits per heavy atom. The summed E-state index contributed by atoms with van der Waals surface area (Å²) in [5.41, 5.74) is 6.38. The Morgan fingerprint density at radius 3 is 2.77 bits per heavy atom. The average Bonchev–Trinajstić information content (AvgIpc) is 2.72. The highest BCUT2D eigenvalue weighted by Gasteiger charge is 2.34. The molecule has 0 bridgehead atoms. The number of fused-ring (bicyclic) bond motifs is 1. The van der Waals surface area contributed by atoms with E-state index < -0.39 is 17.4 Å². The largest absolute Gasteiger partial charge is 0.489 e. The van der Waals surface area contributed by atoms with Crippen LogP contribution in [0.3, 0.4) is 0 Å². The minimum atomic E-state index is -0.800. The average molecular weight is 439 g/mol. The summed E-state index contributed by atoms with van der Waals surface area (Å²) in [6, 6.07) is 14.7. The van der Waals surface area contributed by atoms with E-state index >= 15 is 0 Å². The molecule has 0 spiro atoms. The van der Waals surface area contributed by atoms with Crippen LogP contribution in [0.5, 0.6) is 11.5 Å². The van der Waals surface area contributed by atoms with Crippen LogP contribution >= 0.6 is 11.6 Å². The molecule has 0 saturated carbocycles. The van der Waals surface area contributed by atoms with Crippen LogP contribution in [0.4, 0.5) is 4.39 Å². The van der Waals surface area contributed by atoms with Gasteiger partial charge >= 0.3 is 5.63 Å². The minimum absolute atomic E-state index is 0.0814. The molecular weight excluding hydrogens is 423 g/mol. The Balaban J connectivity index is 1.73. The van der Waals surface area contributed by atoms with Gasteiger partial charge in [0.05, 0.1) is 16.5 Å². The van der Waals surface area contributed by atoms with E-state index in [1.54, 1.807) is 43.3 Å². The van der Waals surface area contributed by atoms with Crippen LogP contribution in [-0.2, 0) is 6.61 Å². The summed E-state index contributed by atoms with van der Waals surface area (Å²) in [5, 5.41) is 9.91. The van der Waals surface area contributed by atoms with E-state index in [-0.39, 0.29) is 40.0 Å². The van der Waals surface area contributed by atoms with Crippen molar-refractivity contribution in [3.8, 4) is 17.6 Å².